The predicted molar refractivity (Wildman–Crippen MR) is 97.0 cm³/mol. The van der Waals surface area contributed by atoms with Gasteiger partial charge in [0.1, 0.15) is 0 Å². The van der Waals surface area contributed by atoms with Crippen LogP contribution in [0.1, 0.15) is 30.3 Å². The van der Waals surface area contributed by atoms with Crippen LogP contribution < -0.4 is 5.73 Å². The average Bonchev–Trinajstić information content (AvgIpc) is 2.99. The maximum absolute atomic E-state index is 12.5. The Morgan fingerprint density at radius 2 is 1.92 bits per heavy atom. The molecule has 3 rings (SSSR count). The summed E-state index contributed by atoms with van der Waals surface area (Å²) >= 11 is 13.3. The summed E-state index contributed by atoms with van der Waals surface area (Å²) in [5, 5.41) is 1.63. The van der Waals surface area contributed by atoms with Crippen molar-refractivity contribution in [2.24, 2.45) is 5.73 Å². The van der Waals surface area contributed by atoms with Gasteiger partial charge in [-0.2, -0.15) is 0 Å². The topological polar surface area (TPSA) is 59.5 Å². The molecular formula is C17H18Cl2N2O2S. The average molecular weight is 385 g/mol. The zero-order valence-electron chi connectivity index (χ0n) is 13.2. The van der Waals surface area contributed by atoms with Crippen molar-refractivity contribution in [2.45, 2.75) is 35.3 Å². The van der Waals surface area contributed by atoms with Gasteiger partial charge in [0.25, 0.3) is 5.91 Å². The molecule has 24 heavy (non-hydrogen) atoms. The van der Waals surface area contributed by atoms with Gasteiger partial charge in [-0.1, -0.05) is 35.0 Å². The molecule has 1 aliphatic rings. The number of carbonyl (C=O) groups excluding carboxylic acids is 1. The summed E-state index contributed by atoms with van der Waals surface area (Å²) in [6, 6.07) is 8.86. The molecule has 0 unspecified atom stereocenters. The van der Waals surface area contributed by atoms with Gasteiger partial charge in [-0.25, -0.2) is 0 Å². The van der Waals surface area contributed by atoms with Crippen LogP contribution in [0, 0.1) is 0 Å². The van der Waals surface area contributed by atoms with Gasteiger partial charge in [0.15, 0.2) is 10.9 Å². The van der Waals surface area contributed by atoms with Crippen LogP contribution in [0.4, 0.5) is 0 Å². The normalized spacial score (nSPS) is 17.1. The molecule has 0 spiro atoms. The fraction of sp³-hybridized carbons (Fsp3) is 0.353. The van der Waals surface area contributed by atoms with E-state index in [0.717, 1.165) is 17.7 Å². The van der Waals surface area contributed by atoms with E-state index in [-0.39, 0.29) is 11.4 Å². The Morgan fingerprint density at radius 3 is 2.58 bits per heavy atom. The van der Waals surface area contributed by atoms with E-state index in [9.17, 15) is 4.79 Å². The predicted octanol–water partition coefficient (Wildman–Crippen LogP) is 4.69. The molecule has 4 nitrogen and oxygen atoms in total. The second kappa shape index (κ2) is 7.00. The van der Waals surface area contributed by atoms with Crippen LogP contribution in [-0.4, -0.2) is 29.4 Å². The van der Waals surface area contributed by atoms with Crippen molar-refractivity contribution in [1.82, 2.24) is 4.90 Å². The molecule has 1 saturated heterocycles. The van der Waals surface area contributed by atoms with Crippen LogP contribution in [0.25, 0.3) is 0 Å². The summed E-state index contributed by atoms with van der Waals surface area (Å²) in [5.41, 5.74) is 5.92. The summed E-state index contributed by atoms with van der Waals surface area (Å²) in [6.45, 7) is 3.33. The van der Waals surface area contributed by atoms with Crippen LogP contribution in [-0.2, 0) is 0 Å². The van der Waals surface area contributed by atoms with Gasteiger partial charge in [0.05, 0.1) is 10.0 Å². The molecule has 0 saturated carbocycles. The van der Waals surface area contributed by atoms with Crippen LogP contribution in [0.5, 0.6) is 0 Å². The smallest absolute Gasteiger partial charge is 0.289 e. The third-order valence-electron chi connectivity index (χ3n) is 4.09. The standard InChI is InChI=1S/C17H18Cl2N2O2S/c1-17(20)6-8-21(9-7-17)16(22)14-4-5-15(23-14)24-11-2-3-12(18)13(19)10-11/h2-5,10H,6-9,20H2,1H3. The van der Waals surface area contributed by atoms with Gasteiger partial charge in [-0.05, 0) is 50.1 Å². The van der Waals surface area contributed by atoms with Crippen LogP contribution >= 0.6 is 35.0 Å². The number of piperidine rings is 1. The van der Waals surface area contributed by atoms with E-state index in [1.165, 1.54) is 11.8 Å². The lowest BCUT2D eigenvalue weighted by Crippen LogP contribution is -2.49. The Morgan fingerprint density at radius 1 is 1.21 bits per heavy atom. The zero-order chi connectivity index (χ0) is 17.3. The Balaban J connectivity index is 1.66. The van der Waals surface area contributed by atoms with E-state index in [4.69, 9.17) is 33.4 Å². The van der Waals surface area contributed by atoms with Gasteiger partial charge in [-0.15, -0.1) is 0 Å². The zero-order valence-corrected chi connectivity index (χ0v) is 15.5. The molecule has 2 N–H and O–H groups in total. The molecule has 7 heteroatoms. The lowest BCUT2D eigenvalue weighted by atomic mass is 9.91. The molecule has 1 aromatic heterocycles. The number of hydrogen-bond donors (Lipinski definition) is 1. The molecule has 1 amide bonds. The van der Waals surface area contributed by atoms with E-state index >= 15 is 0 Å². The quantitative estimate of drug-likeness (QED) is 0.833. The van der Waals surface area contributed by atoms with E-state index < -0.39 is 0 Å². The summed E-state index contributed by atoms with van der Waals surface area (Å²) in [7, 11) is 0. The van der Waals surface area contributed by atoms with Crippen LogP contribution in [0.3, 0.4) is 0 Å². The fourth-order valence-electron chi connectivity index (χ4n) is 2.52. The third kappa shape index (κ3) is 4.09. The highest BCUT2D eigenvalue weighted by molar-refractivity contribution is 7.99. The van der Waals surface area contributed by atoms with Gasteiger partial charge >= 0.3 is 0 Å². The number of rotatable bonds is 3. The maximum atomic E-state index is 12.5. The molecule has 128 valence electrons. The molecule has 0 aliphatic carbocycles. The monoisotopic (exact) mass is 384 g/mol. The van der Waals surface area contributed by atoms with Gasteiger partial charge < -0.3 is 15.1 Å². The van der Waals surface area contributed by atoms with Gasteiger partial charge in [0, 0.05) is 23.5 Å². The first-order chi connectivity index (χ1) is 11.3. The maximum Gasteiger partial charge on any atom is 0.289 e. The number of halogens is 2. The van der Waals surface area contributed by atoms with Crippen molar-refractivity contribution >= 4 is 40.9 Å². The number of nitrogens with two attached hydrogens (primary N) is 1. The number of nitrogens with zero attached hydrogens (tertiary/aromatic N) is 1. The number of benzene rings is 1. The highest BCUT2D eigenvalue weighted by Gasteiger charge is 2.29. The second-order valence-electron chi connectivity index (χ2n) is 6.24. The Hall–Kier alpha value is -1.14. The Kier molecular flexibility index (Phi) is 5.16. The molecular weight excluding hydrogens is 367 g/mol. The number of furan rings is 1. The lowest BCUT2D eigenvalue weighted by molar-refractivity contribution is 0.0643. The molecule has 1 aromatic carbocycles. The van der Waals surface area contributed by atoms with E-state index in [1.807, 2.05) is 13.0 Å². The van der Waals surface area contributed by atoms with Gasteiger partial charge in [-0.3, -0.25) is 4.79 Å². The van der Waals surface area contributed by atoms with Crippen molar-refractivity contribution in [1.29, 1.82) is 0 Å². The SMILES string of the molecule is CC1(N)CCN(C(=O)c2ccc(Sc3ccc(Cl)c(Cl)c3)o2)CC1. The minimum Gasteiger partial charge on any atom is -0.444 e. The molecule has 2 heterocycles. The summed E-state index contributed by atoms with van der Waals surface area (Å²) < 4.78 is 5.69. The molecule has 1 aliphatic heterocycles. The summed E-state index contributed by atoms with van der Waals surface area (Å²) in [5.74, 6) is 0.254. The van der Waals surface area contributed by atoms with Crippen molar-refractivity contribution < 1.29 is 9.21 Å². The van der Waals surface area contributed by atoms with E-state index in [2.05, 4.69) is 0 Å². The first-order valence-electron chi connectivity index (χ1n) is 7.65. The molecule has 0 atom stereocenters. The minimum absolute atomic E-state index is 0.0912. The van der Waals surface area contributed by atoms with Crippen molar-refractivity contribution in [3.05, 3.63) is 46.1 Å². The largest absolute Gasteiger partial charge is 0.444 e. The highest BCUT2D eigenvalue weighted by Crippen LogP contribution is 2.33. The second-order valence-corrected chi connectivity index (χ2v) is 8.14. The lowest BCUT2D eigenvalue weighted by Gasteiger charge is -2.36. The van der Waals surface area contributed by atoms with Crippen LogP contribution in [0.15, 0.2) is 44.7 Å². The number of likely N-dealkylation sites (tertiary alicyclic amines) is 1. The molecule has 0 radical (unpaired) electrons. The minimum atomic E-state index is -0.186. The summed E-state index contributed by atoms with van der Waals surface area (Å²) in [4.78, 5) is 15.2. The molecule has 2 aromatic rings. The Labute approximate surface area is 155 Å². The third-order valence-corrected chi connectivity index (χ3v) is 5.74. The van der Waals surface area contributed by atoms with E-state index in [1.54, 1.807) is 29.2 Å². The Bertz CT molecular complexity index is 751. The summed E-state index contributed by atoms with van der Waals surface area (Å²) in [6.07, 6.45) is 1.59. The number of amides is 1. The first kappa shape index (κ1) is 17.7. The van der Waals surface area contributed by atoms with E-state index in [0.29, 0.717) is 34.0 Å². The van der Waals surface area contributed by atoms with Crippen molar-refractivity contribution in [3.8, 4) is 0 Å². The molecule has 0 bridgehead atoms. The highest BCUT2D eigenvalue weighted by atomic mass is 35.5. The first-order valence-corrected chi connectivity index (χ1v) is 9.22. The fourth-order valence-corrected chi connectivity index (χ4v) is 3.70. The van der Waals surface area contributed by atoms with Crippen molar-refractivity contribution in [2.75, 3.05) is 13.1 Å². The number of carbonyl (C=O) groups is 1. The molecule has 1 fully saturated rings. The number of hydrogen-bond acceptors (Lipinski definition) is 4. The van der Waals surface area contributed by atoms with Crippen LogP contribution in [0.2, 0.25) is 10.0 Å². The van der Waals surface area contributed by atoms with Gasteiger partial charge in [0.2, 0.25) is 0 Å². The van der Waals surface area contributed by atoms with Crippen molar-refractivity contribution in [3.63, 3.8) is 0 Å².